The fourth-order valence-electron chi connectivity index (χ4n) is 4.24. The summed E-state index contributed by atoms with van der Waals surface area (Å²) in [6, 6.07) is 8.97. The number of hydrogen-bond acceptors (Lipinski definition) is 6. The third-order valence-corrected chi connectivity index (χ3v) is 6.14. The molecule has 0 spiro atoms. The Labute approximate surface area is 199 Å². The Balaban J connectivity index is 1.49. The van der Waals surface area contributed by atoms with Gasteiger partial charge < -0.3 is 19.6 Å². The zero-order chi connectivity index (χ0) is 24.2. The summed E-state index contributed by atoms with van der Waals surface area (Å²) < 4.78 is 5.87. The number of aromatic amines is 1. The number of phenols is 1. The average molecular weight is 465 g/mol. The van der Waals surface area contributed by atoms with Crippen molar-refractivity contribution >= 4 is 22.6 Å². The number of nitrogens with zero attached hydrogens (tertiary/aromatic N) is 3. The summed E-state index contributed by atoms with van der Waals surface area (Å²) in [6.45, 7) is 4.52. The molecule has 0 unspecified atom stereocenters. The molecule has 8 nitrogen and oxygen atoms in total. The van der Waals surface area contributed by atoms with E-state index in [2.05, 4.69) is 15.1 Å². The quantitative estimate of drug-likeness (QED) is 0.346. The molecule has 3 aromatic rings. The van der Waals surface area contributed by atoms with Crippen LogP contribution in [0.2, 0.25) is 0 Å². The number of rotatable bonds is 10. The number of aromatic hydroxyl groups is 1. The maximum atomic E-state index is 13.3. The van der Waals surface area contributed by atoms with Gasteiger partial charge in [-0.3, -0.25) is 14.7 Å². The van der Waals surface area contributed by atoms with E-state index in [4.69, 9.17) is 4.74 Å². The molecule has 8 heteroatoms. The summed E-state index contributed by atoms with van der Waals surface area (Å²) in [4.78, 5) is 29.7. The number of hydrogen-bond donors (Lipinski definition) is 2. The molecule has 0 bridgehead atoms. The van der Waals surface area contributed by atoms with Crippen molar-refractivity contribution in [2.45, 2.75) is 45.7 Å². The highest BCUT2D eigenvalue weighted by Crippen LogP contribution is 2.32. The number of carbonyl (C=O) groups is 2. The lowest BCUT2D eigenvalue weighted by atomic mass is 10.0. The van der Waals surface area contributed by atoms with E-state index in [-0.39, 0.29) is 23.0 Å². The second-order valence-electron chi connectivity index (χ2n) is 9.11. The van der Waals surface area contributed by atoms with Crippen molar-refractivity contribution < 1.29 is 19.4 Å². The van der Waals surface area contributed by atoms with Crippen molar-refractivity contribution in [2.75, 3.05) is 27.2 Å². The summed E-state index contributed by atoms with van der Waals surface area (Å²) in [7, 11) is 4.07. The number of carbonyl (C=O) groups excluding carboxylic acids is 2. The third kappa shape index (κ3) is 5.07. The maximum Gasteiger partial charge on any atom is 0.258 e. The highest BCUT2D eigenvalue weighted by molar-refractivity contribution is 6.09. The van der Waals surface area contributed by atoms with Gasteiger partial charge in [0.15, 0.2) is 5.78 Å². The van der Waals surface area contributed by atoms with Gasteiger partial charge in [-0.2, -0.15) is 5.10 Å². The van der Waals surface area contributed by atoms with Gasteiger partial charge in [-0.05, 0) is 56.3 Å². The van der Waals surface area contributed by atoms with Gasteiger partial charge in [0.05, 0.1) is 17.7 Å². The lowest BCUT2D eigenvalue weighted by Gasteiger charge is -2.16. The number of ether oxygens (including phenoxy) is 1. The smallest absolute Gasteiger partial charge is 0.258 e. The van der Waals surface area contributed by atoms with E-state index in [1.54, 1.807) is 11.0 Å². The monoisotopic (exact) mass is 464 g/mol. The molecular weight excluding hydrogens is 432 g/mol. The molecule has 2 N–H and O–H groups in total. The van der Waals surface area contributed by atoms with Crippen LogP contribution in [0.3, 0.4) is 0 Å². The number of amides is 1. The summed E-state index contributed by atoms with van der Waals surface area (Å²) in [5.41, 5.74) is 3.13. The normalized spacial score (nSPS) is 13.0. The van der Waals surface area contributed by atoms with Crippen LogP contribution in [-0.2, 0) is 13.1 Å². The number of Topliss-reactive ketones (excluding diaryl/α,β-unsaturated/α-hetero) is 1. The molecule has 0 saturated heterocycles. The molecule has 4 rings (SSSR count). The van der Waals surface area contributed by atoms with Crippen molar-refractivity contribution in [3.63, 3.8) is 0 Å². The lowest BCUT2D eigenvalue weighted by molar-refractivity contribution is 0.0748. The van der Waals surface area contributed by atoms with Crippen LogP contribution in [-0.4, -0.2) is 64.0 Å². The Morgan fingerprint density at radius 2 is 1.94 bits per heavy atom. The maximum absolute atomic E-state index is 13.3. The number of unbranched alkanes of at least 4 members (excludes halogenated alkanes) is 1. The first-order valence-corrected chi connectivity index (χ1v) is 11.8. The van der Waals surface area contributed by atoms with Crippen LogP contribution in [0.15, 0.2) is 30.3 Å². The molecule has 1 amide bonds. The molecule has 180 valence electrons. The molecule has 0 radical (unpaired) electrons. The van der Waals surface area contributed by atoms with Gasteiger partial charge in [-0.1, -0.05) is 19.4 Å². The molecular formula is C26H32N4O4. The number of nitrogens with one attached hydrogen (secondary N) is 1. The van der Waals surface area contributed by atoms with Crippen LogP contribution >= 0.6 is 0 Å². The minimum atomic E-state index is -0.280. The van der Waals surface area contributed by atoms with Crippen molar-refractivity contribution in [1.29, 1.82) is 0 Å². The topological polar surface area (TPSA) is 98.8 Å². The number of phenolic OH excluding ortho intramolecular Hbond substituents is 1. The lowest BCUT2D eigenvalue weighted by Crippen LogP contribution is -2.25. The van der Waals surface area contributed by atoms with Crippen LogP contribution in [0.1, 0.15) is 64.6 Å². The van der Waals surface area contributed by atoms with Crippen molar-refractivity contribution in [3.05, 3.63) is 52.7 Å². The van der Waals surface area contributed by atoms with Gasteiger partial charge in [0.25, 0.3) is 5.91 Å². The first kappa shape index (κ1) is 23.8. The van der Waals surface area contributed by atoms with Gasteiger partial charge >= 0.3 is 0 Å². The third-order valence-electron chi connectivity index (χ3n) is 6.14. The highest BCUT2D eigenvalue weighted by Gasteiger charge is 2.27. The summed E-state index contributed by atoms with van der Waals surface area (Å²) in [6.07, 6.45) is 3.04. The Bertz CT molecular complexity index is 1200. The van der Waals surface area contributed by atoms with Crippen LogP contribution in [0.25, 0.3) is 10.9 Å². The van der Waals surface area contributed by atoms with Gasteiger partial charge in [-0.25, -0.2) is 0 Å². The van der Waals surface area contributed by atoms with Gasteiger partial charge in [0.1, 0.15) is 17.2 Å². The zero-order valence-electron chi connectivity index (χ0n) is 20.1. The van der Waals surface area contributed by atoms with E-state index < -0.39 is 0 Å². The first-order chi connectivity index (χ1) is 16.4. The molecule has 0 aliphatic carbocycles. The number of benzene rings is 2. The van der Waals surface area contributed by atoms with E-state index in [1.807, 2.05) is 39.2 Å². The predicted molar refractivity (Wildman–Crippen MR) is 130 cm³/mol. The molecule has 0 fully saturated rings. The van der Waals surface area contributed by atoms with E-state index in [1.165, 1.54) is 6.07 Å². The molecule has 1 aromatic heterocycles. The largest absolute Gasteiger partial charge is 0.507 e. The van der Waals surface area contributed by atoms with Crippen molar-refractivity contribution in [2.24, 2.45) is 0 Å². The molecule has 2 heterocycles. The number of H-pyrrole nitrogens is 1. The molecule has 0 saturated carbocycles. The fraction of sp³-hybridized carbons (Fsp3) is 0.423. The minimum absolute atomic E-state index is 0.0659. The van der Waals surface area contributed by atoms with Crippen LogP contribution in [0.4, 0.5) is 0 Å². The van der Waals surface area contributed by atoms with E-state index in [9.17, 15) is 14.7 Å². The second kappa shape index (κ2) is 10.3. The highest BCUT2D eigenvalue weighted by atomic mass is 16.5. The standard InChI is InChI=1S/C26H32N4O4/c1-4-5-7-23(31)25-20-13-21(24(32)14-22(20)27-28-25)26(33)30-15-17-8-9-19(12-18(17)16-30)34-11-6-10-29(2)3/h8-9,12-14,32H,4-7,10-11,15-16H2,1-3H3,(H,27,28). The Hall–Kier alpha value is -3.39. The number of aromatic nitrogens is 2. The van der Waals surface area contributed by atoms with Crippen LogP contribution in [0.5, 0.6) is 11.5 Å². The molecule has 0 atom stereocenters. The van der Waals surface area contributed by atoms with Crippen LogP contribution in [0, 0.1) is 0 Å². The molecule has 1 aliphatic rings. The number of ketones is 1. The van der Waals surface area contributed by atoms with E-state index in [0.717, 1.165) is 42.7 Å². The fourth-order valence-corrected chi connectivity index (χ4v) is 4.24. The van der Waals surface area contributed by atoms with Gasteiger partial charge in [-0.15, -0.1) is 0 Å². The van der Waals surface area contributed by atoms with Crippen LogP contribution < -0.4 is 4.74 Å². The van der Waals surface area contributed by atoms with E-state index in [0.29, 0.717) is 42.7 Å². The molecule has 1 aliphatic heterocycles. The Kier molecular flexibility index (Phi) is 7.17. The Morgan fingerprint density at radius 3 is 2.71 bits per heavy atom. The molecule has 34 heavy (non-hydrogen) atoms. The van der Waals surface area contributed by atoms with Crippen molar-refractivity contribution in [1.82, 2.24) is 20.0 Å². The van der Waals surface area contributed by atoms with E-state index >= 15 is 0 Å². The predicted octanol–water partition coefficient (Wildman–Crippen LogP) is 4.13. The summed E-state index contributed by atoms with van der Waals surface area (Å²) >= 11 is 0. The molecule has 2 aromatic carbocycles. The SMILES string of the molecule is CCCCC(=O)c1n[nH]c2cc(O)c(C(=O)N3Cc4ccc(OCCCN(C)C)cc4C3)cc12. The average Bonchev–Trinajstić information content (AvgIpc) is 3.42. The summed E-state index contributed by atoms with van der Waals surface area (Å²) in [5, 5.41) is 18.0. The van der Waals surface area contributed by atoms with Gasteiger partial charge in [0, 0.05) is 37.5 Å². The number of fused-ring (bicyclic) bond motifs is 2. The van der Waals surface area contributed by atoms with Crippen molar-refractivity contribution in [3.8, 4) is 11.5 Å². The minimum Gasteiger partial charge on any atom is -0.507 e. The Morgan fingerprint density at radius 1 is 1.15 bits per heavy atom. The first-order valence-electron chi connectivity index (χ1n) is 11.8. The van der Waals surface area contributed by atoms with Gasteiger partial charge in [0.2, 0.25) is 0 Å². The second-order valence-corrected chi connectivity index (χ2v) is 9.11. The summed E-state index contributed by atoms with van der Waals surface area (Å²) in [5.74, 6) is 0.320. The zero-order valence-corrected chi connectivity index (χ0v) is 20.1.